The SMILES string of the molecule is CC(=O)OCC1OC(S(=O)c2ccccc2)C(OC(C)=O)C(OC(C)=O)C1OC(C)=O. The van der Waals surface area contributed by atoms with Gasteiger partial charge in [-0.3, -0.25) is 23.4 Å². The molecule has 1 aromatic rings. The van der Waals surface area contributed by atoms with E-state index in [1.165, 1.54) is 6.92 Å². The predicted octanol–water partition coefficient (Wildman–Crippen LogP) is 0.877. The van der Waals surface area contributed by atoms with Gasteiger partial charge in [0.05, 0.1) is 10.8 Å². The van der Waals surface area contributed by atoms with Crippen molar-refractivity contribution in [3.8, 4) is 0 Å². The maximum absolute atomic E-state index is 13.3. The molecule has 1 heterocycles. The van der Waals surface area contributed by atoms with Crippen LogP contribution in [0.25, 0.3) is 0 Å². The molecule has 11 heteroatoms. The maximum atomic E-state index is 13.3. The van der Waals surface area contributed by atoms with Crippen LogP contribution >= 0.6 is 0 Å². The van der Waals surface area contributed by atoms with Gasteiger partial charge in [-0.2, -0.15) is 0 Å². The molecule has 1 fully saturated rings. The number of hydrogen-bond acceptors (Lipinski definition) is 10. The van der Waals surface area contributed by atoms with Gasteiger partial charge in [-0.05, 0) is 12.1 Å². The molecule has 0 bridgehead atoms. The van der Waals surface area contributed by atoms with Gasteiger partial charge in [0.1, 0.15) is 12.7 Å². The summed E-state index contributed by atoms with van der Waals surface area (Å²) in [4.78, 5) is 47.0. The molecule has 1 saturated heterocycles. The zero-order chi connectivity index (χ0) is 23.1. The summed E-state index contributed by atoms with van der Waals surface area (Å²) in [5.74, 6) is -2.86. The lowest BCUT2D eigenvalue weighted by molar-refractivity contribution is -0.238. The Kier molecular flexibility index (Phi) is 8.69. The van der Waals surface area contributed by atoms with E-state index in [4.69, 9.17) is 23.7 Å². The highest BCUT2D eigenvalue weighted by atomic mass is 32.2. The van der Waals surface area contributed by atoms with E-state index in [1.54, 1.807) is 30.3 Å². The van der Waals surface area contributed by atoms with Gasteiger partial charge in [-0.25, -0.2) is 0 Å². The second-order valence-electron chi connectivity index (χ2n) is 6.68. The molecule has 0 N–H and O–H groups in total. The molecule has 170 valence electrons. The van der Waals surface area contributed by atoms with E-state index in [1.807, 2.05) is 0 Å². The van der Waals surface area contributed by atoms with E-state index < -0.39 is 64.5 Å². The van der Waals surface area contributed by atoms with Gasteiger partial charge in [0.15, 0.2) is 23.7 Å². The summed E-state index contributed by atoms with van der Waals surface area (Å²) in [7, 11) is -1.89. The summed E-state index contributed by atoms with van der Waals surface area (Å²) in [6, 6.07) is 8.24. The van der Waals surface area contributed by atoms with Crippen LogP contribution < -0.4 is 0 Å². The van der Waals surface area contributed by atoms with E-state index in [0.29, 0.717) is 4.90 Å². The second kappa shape index (κ2) is 11.0. The highest BCUT2D eigenvalue weighted by Gasteiger charge is 2.54. The summed E-state index contributed by atoms with van der Waals surface area (Å²) in [6.07, 6.45) is -5.13. The largest absolute Gasteiger partial charge is 0.463 e. The maximum Gasteiger partial charge on any atom is 0.303 e. The first kappa shape index (κ1) is 24.5. The lowest BCUT2D eigenvalue weighted by atomic mass is 9.99. The van der Waals surface area contributed by atoms with Crippen molar-refractivity contribution in [3.05, 3.63) is 30.3 Å². The van der Waals surface area contributed by atoms with E-state index >= 15 is 0 Å². The Morgan fingerprint density at radius 2 is 1.32 bits per heavy atom. The molecule has 1 aliphatic heterocycles. The van der Waals surface area contributed by atoms with Crippen LogP contribution in [0.15, 0.2) is 35.2 Å². The highest BCUT2D eigenvalue weighted by molar-refractivity contribution is 7.85. The Morgan fingerprint density at radius 3 is 1.84 bits per heavy atom. The number of hydrogen-bond donors (Lipinski definition) is 0. The third-order valence-corrected chi connectivity index (χ3v) is 5.67. The smallest absolute Gasteiger partial charge is 0.303 e. The van der Waals surface area contributed by atoms with Gasteiger partial charge < -0.3 is 23.7 Å². The standard InChI is InChI=1S/C20H24O10S/c1-11(21)26-10-16-17(27-12(2)22)18(28-13(3)23)19(29-14(4)24)20(30-16)31(25)15-8-6-5-7-9-15/h5-9,16-20H,10H2,1-4H3. The normalized spacial score (nSPS) is 26.3. The second-order valence-corrected chi connectivity index (χ2v) is 8.21. The number of benzene rings is 1. The Labute approximate surface area is 181 Å². The quantitative estimate of drug-likeness (QED) is 0.430. The van der Waals surface area contributed by atoms with Crippen LogP contribution in [-0.4, -0.2) is 64.5 Å². The molecule has 0 radical (unpaired) electrons. The van der Waals surface area contributed by atoms with Gasteiger partial charge in [-0.1, -0.05) is 18.2 Å². The zero-order valence-electron chi connectivity index (χ0n) is 17.5. The summed E-state index contributed by atoms with van der Waals surface area (Å²) in [5, 5.41) is 0. The van der Waals surface area contributed by atoms with Gasteiger partial charge in [-0.15, -0.1) is 0 Å². The minimum atomic E-state index is -1.89. The Balaban J connectivity index is 2.51. The molecule has 6 atom stereocenters. The topological polar surface area (TPSA) is 132 Å². The Hall–Kier alpha value is -2.79. The van der Waals surface area contributed by atoms with Gasteiger partial charge in [0, 0.05) is 32.6 Å². The third kappa shape index (κ3) is 6.86. The number of carbonyl (C=O) groups excluding carboxylic acids is 4. The molecule has 2 rings (SSSR count). The van der Waals surface area contributed by atoms with E-state index in [-0.39, 0.29) is 6.61 Å². The minimum absolute atomic E-state index is 0.364. The van der Waals surface area contributed by atoms with Crippen LogP contribution in [0.5, 0.6) is 0 Å². The van der Waals surface area contributed by atoms with Crippen LogP contribution in [0.4, 0.5) is 0 Å². The van der Waals surface area contributed by atoms with Crippen molar-refractivity contribution in [1.29, 1.82) is 0 Å². The molecule has 1 aromatic carbocycles. The van der Waals surface area contributed by atoms with Gasteiger partial charge >= 0.3 is 23.9 Å². The Bertz CT molecular complexity index is 840. The van der Waals surface area contributed by atoms with Gasteiger partial charge in [0.2, 0.25) is 0 Å². The molecule has 31 heavy (non-hydrogen) atoms. The van der Waals surface area contributed by atoms with Crippen molar-refractivity contribution in [2.45, 2.75) is 62.4 Å². The summed E-state index contributed by atoms with van der Waals surface area (Å²) in [5.41, 5.74) is -1.30. The van der Waals surface area contributed by atoms with E-state index in [9.17, 15) is 23.4 Å². The van der Waals surface area contributed by atoms with E-state index in [2.05, 4.69) is 0 Å². The molecule has 1 aliphatic rings. The van der Waals surface area contributed by atoms with Crippen LogP contribution in [-0.2, 0) is 53.7 Å². The average Bonchev–Trinajstić information content (AvgIpc) is 2.68. The molecule has 0 aliphatic carbocycles. The number of esters is 4. The molecular weight excluding hydrogens is 432 g/mol. The summed E-state index contributed by atoms with van der Waals surface area (Å²) in [6.45, 7) is 4.17. The molecule has 0 saturated carbocycles. The lowest BCUT2D eigenvalue weighted by Crippen LogP contribution is -2.63. The summed E-state index contributed by atoms with van der Waals surface area (Å²) < 4.78 is 40.0. The van der Waals surface area contributed by atoms with Crippen molar-refractivity contribution < 1.29 is 47.1 Å². The van der Waals surface area contributed by atoms with Crippen molar-refractivity contribution in [2.24, 2.45) is 0 Å². The first-order valence-corrected chi connectivity index (χ1v) is 10.6. The molecule has 0 aromatic heterocycles. The summed E-state index contributed by atoms with van der Waals surface area (Å²) >= 11 is 0. The fourth-order valence-electron chi connectivity index (χ4n) is 3.05. The molecule has 0 amide bonds. The Morgan fingerprint density at radius 1 is 0.806 bits per heavy atom. The number of rotatable bonds is 7. The lowest BCUT2D eigenvalue weighted by Gasteiger charge is -2.43. The fourth-order valence-corrected chi connectivity index (χ4v) is 4.44. The molecular formula is C20H24O10S. The third-order valence-electron chi connectivity index (χ3n) is 4.13. The minimum Gasteiger partial charge on any atom is -0.463 e. The van der Waals surface area contributed by atoms with E-state index in [0.717, 1.165) is 20.8 Å². The van der Waals surface area contributed by atoms with Crippen molar-refractivity contribution in [3.63, 3.8) is 0 Å². The van der Waals surface area contributed by atoms with Crippen LogP contribution in [0, 0.1) is 0 Å². The fraction of sp³-hybridized carbons (Fsp3) is 0.500. The van der Waals surface area contributed by atoms with Crippen molar-refractivity contribution in [2.75, 3.05) is 6.61 Å². The first-order chi connectivity index (χ1) is 14.6. The number of carbonyl (C=O) groups is 4. The number of ether oxygens (including phenoxy) is 5. The van der Waals surface area contributed by atoms with Crippen molar-refractivity contribution >= 4 is 34.7 Å². The first-order valence-electron chi connectivity index (χ1n) is 9.36. The monoisotopic (exact) mass is 456 g/mol. The highest BCUT2D eigenvalue weighted by Crippen LogP contribution is 2.32. The van der Waals surface area contributed by atoms with Crippen molar-refractivity contribution in [1.82, 2.24) is 0 Å². The van der Waals surface area contributed by atoms with Crippen LogP contribution in [0.2, 0.25) is 0 Å². The van der Waals surface area contributed by atoms with Crippen LogP contribution in [0.1, 0.15) is 27.7 Å². The molecule has 10 nitrogen and oxygen atoms in total. The molecule has 0 spiro atoms. The molecule has 6 unspecified atom stereocenters. The van der Waals surface area contributed by atoms with Gasteiger partial charge in [0.25, 0.3) is 0 Å². The predicted molar refractivity (Wildman–Crippen MR) is 105 cm³/mol. The van der Waals surface area contributed by atoms with Crippen LogP contribution in [0.3, 0.4) is 0 Å². The zero-order valence-corrected chi connectivity index (χ0v) is 18.3. The average molecular weight is 456 g/mol.